The van der Waals surface area contributed by atoms with Gasteiger partial charge in [0, 0.05) is 44.2 Å². The molecule has 1 aromatic carbocycles. The first-order valence-electron chi connectivity index (χ1n) is 6.76. The van der Waals surface area contributed by atoms with Gasteiger partial charge in [-0.3, -0.25) is 9.59 Å². The largest absolute Gasteiger partial charge is 0.345 e. The fourth-order valence-corrected chi connectivity index (χ4v) is 2.59. The van der Waals surface area contributed by atoms with Crippen molar-refractivity contribution in [2.24, 2.45) is 11.0 Å². The molecule has 2 rings (SSSR count). The minimum Gasteiger partial charge on any atom is -0.345 e. The summed E-state index contributed by atoms with van der Waals surface area (Å²) in [5, 5.41) is 3.87. The van der Waals surface area contributed by atoms with E-state index >= 15 is 0 Å². The smallest absolute Gasteiger partial charge is 0.254 e. The fraction of sp³-hybridized carbons (Fsp3) is 0.429. The third-order valence-electron chi connectivity index (χ3n) is 3.51. The molecule has 1 saturated heterocycles. The molecule has 2 amide bonds. The molecule has 0 spiro atoms. The third-order valence-corrected chi connectivity index (χ3v) is 3.84. The average Bonchev–Trinajstić information content (AvgIpc) is 2.86. The predicted molar refractivity (Wildman–Crippen MR) is 83.9 cm³/mol. The molecule has 22 heavy (non-hydrogen) atoms. The summed E-state index contributed by atoms with van der Waals surface area (Å²) in [4.78, 5) is 30.0. The van der Waals surface area contributed by atoms with Crippen LogP contribution in [-0.2, 0) is 4.79 Å². The van der Waals surface area contributed by atoms with Gasteiger partial charge in [0.2, 0.25) is 5.91 Å². The van der Waals surface area contributed by atoms with Crippen LogP contribution in [0, 0.1) is 5.92 Å². The number of hydrogen-bond donors (Lipinski definition) is 0. The first kappa shape index (κ1) is 16.1. The van der Waals surface area contributed by atoms with E-state index in [-0.39, 0.29) is 24.3 Å². The van der Waals surface area contributed by atoms with Crippen molar-refractivity contribution in [1.82, 2.24) is 4.90 Å². The Bertz CT molecular complexity index is 655. The number of halogens is 1. The van der Waals surface area contributed by atoms with Crippen molar-refractivity contribution < 1.29 is 9.59 Å². The normalized spacial score (nSPS) is 17.3. The number of carbonyl (C=O) groups excluding carboxylic acids is 2. The Hall–Kier alpha value is -2.24. The summed E-state index contributed by atoms with van der Waals surface area (Å²) in [5.41, 5.74) is 9.34. The maximum Gasteiger partial charge on any atom is 0.254 e. The summed E-state index contributed by atoms with van der Waals surface area (Å²) in [6, 6.07) is 4.95. The van der Waals surface area contributed by atoms with Crippen molar-refractivity contribution in [3.8, 4) is 0 Å². The lowest BCUT2D eigenvalue weighted by Gasteiger charge is -2.19. The van der Waals surface area contributed by atoms with E-state index < -0.39 is 0 Å². The maximum absolute atomic E-state index is 12.1. The van der Waals surface area contributed by atoms with E-state index in [2.05, 4.69) is 10.0 Å². The molecule has 1 aliphatic rings. The number of nitrogens with zero attached hydrogens (tertiary/aromatic N) is 5. The van der Waals surface area contributed by atoms with Crippen LogP contribution < -0.4 is 4.90 Å². The van der Waals surface area contributed by atoms with E-state index in [1.807, 2.05) is 0 Å². The molecule has 0 aromatic heterocycles. The zero-order chi connectivity index (χ0) is 16.3. The SMILES string of the molecule is CN(C)C(=O)c1cc(N2CC(CN=[N+]=[N-])CC2=O)ccc1Cl. The zero-order valence-electron chi connectivity index (χ0n) is 12.4. The van der Waals surface area contributed by atoms with Gasteiger partial charge in [0.05, 0.1) is 10.6 Å². The van der Waals surface area contributed by atoms with Gasteiger partial charge in [-0.1, -0.05) is 16.7 Å². The Labute approximate surface area is 133 Å². The van der Waals surface area contributed by atoms with E-state index in [1.54, 1.807) is 37.2 Å². The van der Waals surface area contributed by atoms with Crippen molar-refractivity contribution in [3.05, 3.63) is 39.2 Å². The van der Waals surface area contributed by atoms with Crippen molar-refractivity contribution in [2.45, 2.75) is 6.42 Å². The Balaban J connectivity index is 2.26. The Morgan fingerprint density at radius 2 is 2.27 bits per heavy atom. The van der Waals surface area contributed by atoms with E-state index in [1.165, 1.54) is 4.90 Å². The van der Waals surface area contributed by atoms with Crippen molar-refractivity contribution >= 4 is 29.1 Å². The lowest BCUT2D eigenvalue weighted by atomic mass is 10.1. The second kappa shape index (κ2) is 6.68. The Kier molecular flexibility index (Phi) is 4.90. The number of azide groups is 1. The van der Waals surface area contributed by atoms with Gasteiger partial charge < -0.3 is 9.80 Å². The molecular formula is C14H16ClN5O2. The van der Waals surface area contributed by atoms with E-state index in [0.29, 0.717) is 29.2 Å². The Morgan fingerprint density at radius 3 is 2.91 bits per heavy atom. The highest BCUT2D eigenvalue weighted by Crippen LogP contribution is 2.29. The molecule has 1 atom stereocenters. The van der Waals surface area contributed by atoms with Gasteiger partial charge in [-0.05, 0) is 29.6 Å². The zero-order valence-corrected chi connectivity index (χ0v) is 13.1. The molecule has 1 unspecified atom stereocenters. The number of amides is 2. The monoisotopic (exact) mass is 321 g/mol. The molecule has 0 radical (unpaired) electrons. The average molecular weight is 322 g/mol. The Morgan fingerprint density at radius 1 is 1.55 bits per heavy atom. The second-order valence-electron chi connectivity index (χ2n) is 5.35. The van der Waals surface area contributed by atoms with E-state index in [9.17, 15) is 9.59 Å². The van der Waals surface area contributed by atoms with Crippen molar-refractivity contribution in [3.63, 3.8) is 0 Å². The highest BCUT2D eigenvalue weighted by Gasteiger charge is 2.30. The van der Waals surface area contributed by atoms with Gasteiger partial charge in [-0.2, -0.15) is 0 Å². The fourth-order valence-electron chi connectivity index (χ4n) is 2.39. The van der Waals surface area contributed by atoms with Crippen molar-refractivity contribution in [2.75, 3.05) is 32.1 Å². The third kappa shape index (κ3) is 3.32. The molecule has 0 N–H and O–H groups in total. The van der Waals surface area contributed by atoms with Gasteiger partial charge in [0.1, 0.15) is 0 Å². The van der Waals surface area contributed by atoms with E-state index in [0.717, 1.165) is 0 Å². The first-order chi connectivity index (χ1) is 10.4. The molecule has 0 saturated carbocycles. The number of hydrogen-bond acceptors (Lipinski definition) is 3. The van der Waals surface area contributed by atoms with Crippen LogP contribution in [0.25, 0.3) is 10.4 Å². The van der Waals surface area contributed by atoms with Crippen LogP contribution in [0.3, 0.4) is 0 Å². The molecule has 1 heterocycles. The van der Waals surface area contributed by atoms with Gasteiger partial charge in [0.15, 0.2) is 0 Å². The quantitative estimate of drug-likeness (QED) is 0.484. The van der Waals surface area contributed by atoms with Crippen LogP contribution in [0.1, 0.15) is 16.8 Å². The highest BCUT2D eigenvalue weighted by molar-refractivity contribution is 6.34. The molecule has 0 aliphatic carbocycles. The lowest BCUT2D eigenvalue weighted by molar-refractivity contribution is -0.117. The second-order valence-corrected chi connectivity index (χ2v) is 5.76. The van der Waals surface area contributed by atoms with Crippen LogP contribution >= 0.6 is 11.6 Å². The molecule has 7 nitrogen and oxygen atoms in total. The molecule has 116 valence electrons. The van der Waals surface area contributed by atoms with Gasteiger partial charge in [-0.15, -0.1) is 0 Å². The number of anilines is 1. The summed E-state index contributed by atoms with van der Waals surface area (Å²) in [7, 11) is 3.28. The van der Waals surface area contributed by atoms with Gasteiger partial charge >= 0.3 is 0 Å². The topological polar surface area (TPSA) is 89.4 Å². The summed E-state index contributed by atoms with van der Waals surface area (Å²) in [6.45, 7) is 0.755. The number of carbonyl (C=O) groups is 2. The summed E-state index contributed by atoms with van der Waals surface area (Å²) in [6.07, 6.45) is 0.332. The molecule has 1 fully saturated rings. The van der Waals surface area contributed by atoms with Crippen LogP contribution in [-0.4, -0.2) is 43.9 Å². The standard InChI is InChI=1S/C14H16ClN5O2/c1-19(2)14(22)11-6-10(3-4-12(11)15)20-8-9(5-13(20)21)7-17-18-16/h3-4,6,9H,5,7-8H2,1-2H3. The summed E-state index contributed by atoms with van der Waals surface area (Å²) in [5.74, 6) is -0.278. The number of rotatable bonds is 4. The summed E-state index contributed by atoms with van der Waals surface area (Å²) < 4.78 is 0. The summed E-state index contributed by atoms with van der Waals surface area (Å²) >= 11 is 6.07. The van der Waals surface area contributed by atoms with E-state index in [4.69, 9.17) is 17.1 Å². The minimum absolute atomic E-state index is 0.00733. The molecule has 8 heteroatoms. The molecule has 1 aliphatic heterocycles. The van der Waals surface area contributed by atoms with Crippen LogP contribution in [0.2, 0.25) is 5.02 Å². The van der Waals surface area contributed by atoms with Gasteiger partial charge in [0.25, 0.3) is 5.91 Å². The molecule has 1 aromatic rings. The molecule has 0 bridgehead atoms. The van der Waals surface area contributed by atoms with Gasteiger partial charge in [-0.25, -0.2) is 0 Å². The highest BCUT2D eigenvalue weighted by atomic mass is 35.5. The van der Waals surface area contributed by atoms with Crippen LogP contribution in [0.4, 0.5) is 5.69 Å². The minimum atomic E-state index is -0.218. The predicted octanol–water partition coefficient (Wildman–Crippen LogP) is 2.71. The lowest BCUT2D eigenvalue weighted by Crippen LogP contribution is -2.26. The number of benzene rings is 1. The maximum atomic E-state index is 12.1. The van der Waals surface area contributed by atoms with Crippen LogP contribution in [0.5, 0.6) is 0 Å². The van der Waals surface area contributed by atoms with Crippen molar-refractivity contribution in [1.29, 1.82) is 0 Å². The first-order valence-corrected chi connectivity index (χ1v) is 7.14. The molecular weight excluding hydrogens is 306 g/mol. The van der Waals surface area contributed by atoms with Crippen LogP contribution in [0.15, 0.2) is 23.3 Å².